The summed E-state index contributed by atoms with van der Waals surface area (Å²) >= 11 is 0. The second kappa shape index (κ2) is 6.34. The second-order valence-corrected chi connectivity index (χ2v) is 5.00. The molecule has 1 aliphatic heterocycles. The van der Waals surface area contributed by atoms with Gasteiger partial charge in [-0.05, 0) is 25.0 Å². The number of likely N-dealkylation sites (tertiary alicyclic amines) is 1. The van der Waals surface area contributed by atoms with Crippen molar-refractivity contribution in [2.24, 2.45) is 0 Å². The molecule has 1 fully saturated rings. The monoisotopic (exact) mass is 287 g/mol. The van der Waals surface area contributed by atoms with Gasteiger partial charge in [-0.1, -0.05) is 0 Å². The van der Waals surface area contributed by atoms with Gasteiger partial charge in [0, 0.05) is 18.9 Å². The van der Waals surface area contributed by atoms with Crippen LogP contribution in [0.4, 0.5) is 0 Å². The van der Waals surface area contributed by atoms with E-state index < -0.39 is 0 Å². The molecule has 3 rings (SSSR count). The molecule has 3 heterocycles. The van der Waals surface area contributed by atoms with Gasteiger partial charge in [-0.15, -0.1) is 0 Å². The third-order valence-corrected chi connectivity index (χ3v) is 3.45. The molecule has 0 unspecified atom stereocenters. The van der Waals surface area contributed by atoms with Crippen molar-refractivity contribution >= 4 is 5.91 Å². The van der Waals surface area contributed by atoms with Crippen molar-refractivity contribution in [3.05, 3.63) is 37.2 Å². The molecule has 0 aliphatic carbocycles. The average molecular weight is 287 g/mol. The molecular weight excluding hydrogens is 270 g/mol. The zero-order valence-corrected chi connectivity index (χ0v) is 11.6. The Morgan fingerprint density at radius 2 is 2.19 bits per heavy atom. The van der Waals surface area contributed by atoms with Gasteiger partial charge in [-0.3, -0.25) is 9.78 Å². The number of aromatic nitrogens is 4. The van der Waals surface area contributed by atoms with Crippen LogP contribution in [-0.4, -0.2) is 49.7 Å². The predicted octanol–water partition coefficient (Wildman–Crippen LogP) is 0.743. The number of ether oxygens (including phenoxy) is 1. The van der Waals surface area contributed by atoms with Crippen LogP contribution in [0.5, 0.6) is 5.75 Å². The first kappa shape index (κ1) is 13.5. The Bertz CT molecular complexity index is 572. The van der Waals surface area contributed by atoms with Gasteiger partial charge in [0.2, 0.25) is 5.91 Å². The number of hydrogen-bond acceptors (Lipinski definition) is 5. The largest absolute Gasteiger partial charge is 0.488 e. The van der Waals surface area contributed by atoms with Crippen molar-refractivity contribution in [1.29, 1.82) is 0 Å². The number of rotatable bonds is 4. The predicted molar refractivity (Wildman–Crippen MR) is 74.5 cm³/mol. The van der Waals surface area contributed by atoms with E-state index in [0.29, 0.717) is 6.54 Å². The Hall–Kier alpha value is -2.44. The molecule has 0 spiro atoms. The van der Waals surface area contributed by atoms with Gasteiger partial charge in [0.1, 0.15) is 31.1 Å². The van der Waals surface area contributed by atoms with Crippen LogP contribution in [0.25, 0.3) is 0 Å². The van der Waals surface area contributed by atoms with Gasteiger partial charge in [-0.2, -0.15) is 5.10 Å². The van der Waals surface area contributed by atoms with Crippen molar-refractivity contribution < 1.29 is 9.53 Å². The number of carbonyl (C=O) groups is 1. The summed E-state index contributed by atoms with van der Waals surface area (Å²) in [6.45, 7) is 1.60. The van der Waals surface area contributed by atoms with E-state index in [2.05, 4.69) is 15.1 Å². The number of hydrogen-bond donors (Lipinski definition) is 0. The SMILES string of the molecule is O=C(Cn1cncn1)N1CCC[C@@H](Oc2ccncc2)C1. The quantitative estimate of drug-likeness (QED) is 0.829. The molecule has 2 aromatic heterocycles. The summed E-state index contributed by atoms with van der Waals surface area (Å²) in [5.74, 6) is 0.837. The Morgan fingerprint density at radius 1 is 1.33 bits per heavy atom. The van der Waals surface area contributed by atoms with Crippen LogP contribution in [0.1, 0.15) is 12.8 Å². The molecule has 7 heteroatoms. The maximum absolute atomic E-state index is 12.2. The van der Waals surface area contributed by atoms with Gasteiger partial charge in [-0.25, -0.2) is 9.67 Å². The number of pyridine rings is 1. The van der Waals surface area contributed by atoms with Crippen molar-refractivity contribution in [3.63, 3.8) is 0 Å². The number of nitrogens with zero attached hydrogens (tertiary/aromatic N) is 5. The summed E-state index contributed by atoms with van der Waals surface area (Å²) in [5, 5.41) is 3.96. The topological polar surface area (TPSA) is 73.1 Å². The highest BCUT2D eigenvalue weighted by atomic mass is 16.5. The van der Waals surface area contributed by atoms with Gasteiger partial charge >= 0.3 is 0 Å². The molecule has 2 aromatic rings. The minimum Gasteiger partial charge on any atom is -0.488 e. The van der Waals surface area contributed by atoms with Crippen molar-refractivity contribution in [2.45, 2.75) is 25.5 Å². The molecule has 0 saturated carbocycles. The summed E-state index contributed by atoms with van der Waals surface area (Å²) < 4.78 is 7.44. The zero-order valence-electron chi connectivity index (χ0n) is 11.6. The van der Waals surface area contributed by atoms with Gasteiger partial charge in [0.25, 0.3) is 0 Å². The lowest BCUT2D eigenvalue weighted by Gasteiger charge is -2.32. The summed E-state index contributed by atoms with van der Waals surface area (Å²) in [7, 11) is 0. The summed E-state index contributed by atoms with van der Waals surface area (Å²) in [6, 6.07) is 3.66. The molecular formula is C14H17N5O2. The molecule has 1 saturated heterocycles. The summed E-state index contributed by atoms with van der Waals surface area (Å²) in [4.78, 5) is 21.9. The molecule has 0 N–H and O–H groups in total. The standard InChI is InChI=1S/C14H17N5O2/c20-14(9-19-11-16-10-17-19)18-7-1-2-13(8-18)21-12-3-5-15-6-4-12/h3-6,10-11,13H,1-2,7-9H2/t13-/m1/s1. The first-order valence-electron chi connectivity index (χ1n) is 6.98. The van der Waals surface area contributed by atoms with Crippen LogP contribution in [0, 0.1) is 0 Å². The van der Waals surface area contributed by atoms with Crippen LogP contribution >= 0.6 is 0 Å². The lowest BCUT2D eigenvalue weighted by atomic mass is 10.1. The third-order valence-electron chi connectivity index (χ3n) is 3.45. The van der Waals surface area contributed by atoms with Crippen molar-refractivity contribution in [1.82, 2.24) is 24.6 Å². The first-order valence-corrected chi connectivity index (χ1v) is 6.98. The average Bonchev–Trinajstić information content (AvgIpc) is 3.01. The molecule has 21 heavy (non-hydrogen) atoms. The van der Waals surface area contributed by atoms with Crippen LogP contribution in [0.3, 0.4) is 0 Å². The molecule has 1 atom stereocenters. The van der Waals surface area contributed by atoms with Crippen LogP contribution in [0.15, 0.2) is 37.2 Å². The summed E-state index contributed by atoms with van der Waals surface area (Å²) in [6.07, 6.45) is 8.30. The molecule has 1 aliphatic rings. The lowest BCUT2D eigenvalue weighted by molar-refractivity contribution is -0.134. The summed E-state index contributed by atoms with van der Waals surface area (Å²) in [5.41, 5.74) is 0. The Labute approximate surface area is 122 Å². The molecule has 0 bridgehead atoms. The second-order valence-electron chi connectivity index (χ2n) is 5.00. The fourth-order valence-corrected chi connectivity index (χ4v) is 2.42. The van der Waals surface area contributed by atoms with E-state index in [0.717, 1.165) is 25.1 Å². The number of amides is 1. The Balaban J connectivity index is 1.56. The van der Waals surface area contributed by atoms with Crippen molar-refractivity contribution in [3.8, 4) is 5.75 Å². The normalized spacial score (nSPS) is 18.5. The van der Waals surface area contributed by atoms with E-state index in [1.165, 1.54) is 11.0 Å². The molecule has 110 valence electrons. The van der Waals surface area contributed by atoms with E-state index in [1.54, 1.807) is 18.7 Å². The highest BCUT2D eigenvalue weighted by molar-refractivity contribution is 5.76. The third kappa shape index (κ3) is 3.56. The van der Waals surface area contributed by atoms with Gasteiger partial charge in [0.05, 0.1) is 6.54 Å². The Kier molecular flexibility index (Phi) is 4.09. The molecule has 0 aromatic carbocycles. The van der Waals surface area contributed by atoms with E-state index >= 15 is 0 Å². The number of carbonyl (C=O) groups excluding carboxylic acids is 1. The first-order chi connectivity index (χ1) is 10.3. The van der Waals surface area contributed by atoms with Crippen molar-refractivity contribution in [2.75, 3.05) is 13.1 Å². The molecule has 1 amide bonds. The molecule has 0 radical (unpaired) electrons. The Morgan fingerprint density at radius 3 is 2.95 bits per heavy atom. The van der Waals surface area contributed by atoms with Crippen LogP contribution < -0.4 is 4.74 Å². The highest BCUT2D eigenvalue weighted by Gasteiger charge is 2.25. The van der Waals surface area contributed by atoms with Crippen LogP contribution in [0.2, 0.25) is 0 Å². The fourth-order valence-electron chi connectivity index (χ4n) is 2.42. The minimum atomic E-state index is 0.0286. The molecule has 7 nitrogen and oxygen atoms in total. The van der Waals surface area contributed by atoms with E-state index in [1.807, 2.05) is 17.0 Å². The van der Waals surface area contributed by atoms with Crippen LogP contribution in [-0.2, 0) is 11.3 Å². The van der Waals surface area contributed by atoms with E-state index in [4.69, 9.17) is 4.74 Å². The van der Waals surface area contributed by atoms with Gasteiger partial charge < -0.3 is 9.64 Å². The lowest BCUT2D eigenvalue weighted by Crippen LogP contribution is -2.45. The number of piperidine rings is 1. The fraction of sp³-hybridized carbons (Fsp3) is 0.429. The highest BCUT2D eigenvalue weighted by Crippen LogP contribution is 2.17. The van der Waals surface area contributed by atoms with Gasteiger partial charge in [0.15, 0.2) is 0 Å². The smallest absolute Gasteiger partial charge is 0.244 e. The maximum atomic E-state index is 12.2. The van der Waals surface area contributed by atoms with E-state index in [-0.39, 0.29) is 18.6 Å². The maximum Gasteiger partial charge on any atom is 0.244 e. The van der Waals surface area contributed by atoms with E-state index in [9.17, 15) is 4.79 Å². The zero-order chi connectivity index (χ0) is 14.5. The minimum absolute atomic E-state index is 0.0286.